The highest BCUT2D eigenvalue weighted by molar-refractivity contribution is 7.22. The van der Waals surface area contributed by atoms with Gasteiger partial charge in [-0.3, -0.25) is 4.79 Å². The molecular weight excluding hydrogens is 637 g/mol. The number of alkyl halides is 6. The number of aliphatic carboxylic acids is 2. The number of nitrogens with one attached hydrogen (secondary N) is 2. The average Bonchev–Trinajstić information content (AvgIpc) is 3.37. The molecule has 1 amide bonds. The van der Waals surface area contributed by atoms with Crippen LogP contribution in [-0.4, -0.2) is 50.2 Å². The number of benzene rings is 2. The minimum atomic E-state index is -5.08. The number of fused-ring (bicyclic) bond motifs is 1. The summed E-state index contributed by atoms with van der Waals surface area (Å²) in [5.74, 6) is -5.26. The Balaban J connectivity index is 0.000000707. The molecule has 4 aromatic rings. The second-order valence-corrected chi connectivity index (χ2v) is 10.5. The topological polar surface area (TPSA) is 142 Å². The van der Waals surface area contributed by atoms with E-state index in [-0.39, 0.29) is 32.6 Å². The molecule has 9 nitrogen and oxygen atoms in total. The maximum Gasteiger partial charge on any atom is 0.490 e. The van der Waals surface area contributed by atoms with Crippen molar-refractivity contribution >= 4 is 50.3 Å². The monoisotopic (exact) mass is 660 g/mol. The Labute approximate surface area is 253 Å². The van der Waals surface area contributed by atoms with Crippen molar-refractivity contribution in [2.75, 3.05) is 5.32 Å². The van der Waals surface area contributed by atoms with Gasteiger partial charge in [-0.2, -0.15) is 31.3 Å². The molecular formula is C28H23F7N4O5S. The highest BCUT2D eigenvalue weighted by Crippen LogP contribution is 2.34. The van der Waals surface area contributed by atoms with Crippen LogP contribution in [0.3, 0.4) is 0 Å². The van der Waals surface area contributed by atoms with Crippen molar-refractivity contribution in [3.05, 3.63) is 71.7 Å². The van der Waals surface area contributed by atoms with E-state index in [0.29, 0.717) is 23.7 Å². The van der Waals surface area contributed by atoms with Crippen LogP contribution in [0.25, 0.3) is 21.5 Å². The van der Waals surface area contributed by atoms with Crippen LogP contribution < -0.4 is 10.6 Å². The standard InChI is InChI=1S/C26H22F4N4O3S.C2HF3O2/c1-3-13(2)21(24(36)37)33-23(35)15-6-4-14(5-7-15)16-8-9-19(18(27)10-16)32-25-34-22-20(38-25)11-17(12-31-22)26(28,29)30;3-2(4,5)1(6)7/h4-13,21H,3H2,1-2H3,(H,33,35)(H,36,37)(H,31,32,34);(H,6,7)/t13?,21-;/m0./s1. The summed E-state index contributed by atoms with van der Waals surface area (Å²) in [7, 11) is 0. The van der Waals surface area contributed by atoms with Gasteiger partial charge in [0.25, 0.3) is 5.91 Å². The molecule has 4 rings (SSSR count). The third-order valence-corrected chi connectivity index (χ3v) is 7.18. The summed E-state index contributed by atoms with van der Waals surface area (Å²) in [5.41, 5.74) is 0.697. The van der Waals surface area contributed by atoms with Gasteiger partial charge in [-0.1, -0.05) is 49.8 Å². The van der Waals surface area contributed by atoms with Gasteiger partial charge in [0, 0.05) is 11.8 Å². The largest absolute Gasteiger partial charge is 0.490 e. The molecule has 0 aliphatic heterocycles. The quantitative estimate of drug-likeness (QED) is 0.146. The molecule has 0 saturated carbocycles. The number of amides is 1. The van der Waals surface area contributed by atoms with Crippen LogP contribution >= 0.6 is 11.3 Å². The van der Waals surface area contributed by atoms with Crippen LogP contribution in [-0.2, 0) is 15.8 Å². The first-order valence-electron chi connectivity index (χ1n) is 12.7. The summed E-state index contributed by atoms with van der Waals surface area (Å²) in [6.45, 7) is 3.58. The summed E-state index contributed by atoms with van der Waals surface area (Å²) < 4.78 is 85.6. The lowest BCUT2D eigenvalue weighted by Gasteiger charge is -2.20. The fraction of sp³-hybridized carbons (Fsp3) is 0.250. The minimum Gasteiger partial charge on any atom is -0.480 e. The van der Waals surface area contributed by atoms with Crippen LogP contribution in [0.4, 0.5) is 41.6 Å². The molecule has 0 aliphatic rings. The normalized spacial score (nSPS) is 12.9. The maximum absolute atomic E-state index is 14.9. The van der Waals surface area contributed by atoms with Gasteiger partial charge in [0.05, 0.1) is 16.0 Å². The fourth-order valence-corrected chi connectivity index (χ4v) is 4.54. The van der Waals surface area contributed by atoms with Crippen molar-refractivity contribution in [3.8, 4) is 11.1 Å². The molecule has 0 saturated heterocycles. The third-order valence-electron chi connectivity index (χ3n) is 6.27. The van der Waals surface area contributed by atoms with E-state index in [1.54, 1.807) is 25.1 Å². The Bertz CT molecular complexity index is 1690. The third kappa shape index (κ3) is 9.10. The molecule has 0 radical (unpaired) electrons. The molecule has 2 atom stereocenters. The van der Waals surface area contributed by atoms with Gasteiger partial charge < -0.3 is 20.8 Å². The van der Waals surface area contributed by atoms with Gasteiger partial charge in [-0.15, -0.1) is 0 Å². The zero-order chi connectivity index (χ0) is 33.7. The van der Waals surface area contributed by atoms with Crippen LogP contribution in [0, 0.1) is 11.7 Å². The number of hydrogen-bond donors (Lipinski definition) is 4. The van der Waals surface area contributed by atoms with E-state index in [2.05, 4.69) is 20.6 Å². The SMILES string of the molecule is CCC(C)[C@H](NC(=O)c1ccc(-c2ccc(Nc3nc4ncc(C(F)(F)F)cc4s3)c(F)c2)cc1)C(=O)O.O=C(O)C(F)(F)F. The van der Waals surface area contributed by atoms with E-state index in [1.165, 1.54) is 24.3 Å². The summed E-state index contributed by atoms with van der Waals surface area (Å²) >= 11 is 0.919. The number of carbonyl (C=O) groups excluding carboxylic acids is 1. The number of hydrogen-bond acceptors (Lipinski definition) is 7. The van der Waals surface area contributed by atoms with Gasteiger partial charge >= 0.3 is 24.3 Å². The molecule has 45 heavy (non-hydrogen) atoms. The highest BCUT2D eigenvalue weighted by atomic mass is 32.1. The average molecular weight is 661 g/mol. The molecule has 1 unspecified atom stereocenters. The molecule has 2 aromatic heterocycles. The molecule has 240 valence electrons. The second kappa shape index (κ2) is 13.9. The van der Waals surface area contributed by atoms with Crippen LogP contribution in [0.15, 0.2) is 54.7 Å². The van der Waals surface area contributed by atoms with Gasteiger partial charge in [0.15, 0.2) is 10.8 Å². The Morgan fingerprint density at radius 3 is 2.07 bits per heavy atom. The number of rotatable bonds is 8. The Morgan fingerprint density at radius 1 is 0.956 bits per heavy atom. The molecule has 0 spiro atoms. The molecule has 0 fully saturated rings. The summed E-state index contributed by atoms with van der Waals surface area (Å²) in [5, 5.41) is 22.0. The van der Waals surface area contributed by atoms with Gasteiger partial charge in [0.1, 0.15) is 11.9 Å². The zero-order valence-electron chi connectivity index (χ0n) is 23.1. The number of carboxylic acids is 2. The molecule has 2 heterocycles. The van der Waals surface area contributed by atoms with Gasteiger partial charge in [-0.25, -0.2) is 19.0 Å². The minimum absolute atomic E-state index is 0.0737. The van der Waals surface area contributed by atoms with Crippen molar-refractivity contribution < 1.29 is 55.3 Å². The number of pyridine rings is 1. The fourth-order valence-electron chi connectivity index (χ4n) is 3.66. The van der Waals surface area contributed by atoms with Crippen LogP contribution in [0.2, 0.25) is 0 Å². The predicted molar refractivity (Wildman–Crippen MR) is 150 cm³/mol. The lowest BCUT2D eigenvalue weighted by molar-refractivity contribution is -0.192. The molecule has 0 bridgehead atoms. The number of thiazole rings is 1. The molecule has 4 N–H and O–H groups in total. The van der Waals surface area contributed by atoms with E-state index in [1.807, 2.05) is 6.92 Å². The van der Waals surface area contributed by atoms with Crippen molar-refractivity contribution in [2.45, 2.75) is 38.7 Å². The molecule has 17 heteroatoms. The summed E-state index contributed by atoms with van der Waals surface area (Å²) in [6.07, 6.45) is -8.33. The van der Waals surface area contributed by atoms with Crippen molar-refractivity contribution in [2.24, 2.45) is 5.92 Å². The van der Waals surface area contributed by atoms with Gasteiger partial charge in [-0.05, 0) is 47.4 Å². The number of halogens is 7. The molecule has 2 aromatic carbocycles. The van der Waals surface area contributed by atoms with Gasteiger partial charge in [0.2, 0.25) is 0 Å². The van der Waals surface area contributed by atoms with Crippen LogP contribution in [0.5, 0.6) is 0 Å². The van der Waals surface area contributed by atoms with E-state index in [9.17, 15) is 45.4 Å². The Hall–Kier alpha value is -4.80. The van der Waals surface area contributed by atoms with E-state index in [4.69, 9.17) is 9.90 Å². The first kappa shape index (κ1) is 34.7. The Kier molecular flexibility index (Phi) is 10.7. The Morgan fingerprint density at radius 2 is 1.56 bits per heavy atom. The summed E-state index contributed by atoms with van der Waals surface area (Å²) in [4.78, 5) is 40.7. The number of anilines is 2. The first-order valence-corrected chi connectivity index (χ1v) is 13.6. The second-order valence-electron chi connectivity index (χ2n) is 9.44. The lowest BCUT2D eigenvalue weighted by atomic mass is 9.98. The number of nitrogens with zero attached hydrogens (tertiary/aromatic N) is 2. The van der Waals surface area contributed by atoms with Crippen LogP contribution in [0.1, 0.15) is 36.2 Å². The van der Waals surface area contributed by atoms with E-state index in [0.717, 1.165) is 17.4 Å². The smallest absolute Gasteiger partial charge is 0.480 e. The van der Waals surface area contributed by atoms with E-state index >= 15 is 0 Å². The summed E-state index contributed by atoms with van der Waals surface area (Å²) in [6, 6.07) is 10.6. The highest BCUT2D eigenvalue weighted by Gasteiger charge is 2.38. The van der Waals surface area contributed by atoms with Crippen molar-refractivity contribution in [1.29, 1.82) is 0 Å². The zero-order valence-corrected chi connectivity index (χ0v) is 23.9. The van der Waals surface area contributed by atoms with Crippen molar-refractivity contribution in [3.63, 3.8) is 0 Å². The number of carbonyl (C=O) groups is 3. The maximum atomic E-state index is 14.9. The number of carboxylic acid groups (broad SMARTS) is 2. The van der Waals surface area contributed by atoms with E-state index < -0.39 is 47.6 Å². The number of aromatic nitrogens is 2. The first-order chi connectivity index (χ1) is 20.9. The lowest BCUT2D eigenvalue weighted by Crippen LogP contribution is -2.45. The van der Waals surface area contributed by atoms with Crippen molar-refractivity contribution in [1.82, 2.24) is 15.3 Å². The molecule has 0 aliphatic carbocycles. The predicted octanol–water partition coefficient (Wildman–Crippen LogP) is 7.12.